The van der Waals surface area contributed by atoms with E-state index in [2.05, 4.69) is 10.4 Å². The highest BCUT2D eigenvalue weighted by atomic mass is 16.5. The van der Waals surface area contributed by atoms with Crippen LogP contribution in [0.1, 0.15) is 18.4 Å². The topological polar surface area (TPSA) is 93.5 Å². The van der Waals surface area contributed by atoms with Crippen molar-refractivity contribution < 1.29 is 19.4 Å². The van der Waals surface area contributed by atoms with Gasteiger partial charge in [0.15, 0.2) is 5.41 Å². The third kappa shape index (κ3) is 3.40. The molecule has 0 fully saturated rings. The van der Waals surface area contributed by atoms with Crippen molar-refractivity contribution in [2.75, 3.05) is 12.4 Å². The van der Waals surface area contributed by atoms with E-state index in [4.69, 9.17) is 4.74 Å². The van der Waals surface area contributed by atoms with Crippen LogP contribution in [0, 0.1) is 5.41 Å². The average molecular weight is 341 g/mol. The molecule has 2 N–H and O–H groups in total. The SMILES string of the molecule is COc1ccc(Cn2cc(NC(=O)C3(C(=O)O)CC=CC3)cn2)cc1. The summed E-state index contributed by atoms with van der Waals surface area (Å²) in [4.78, 5) is 24.0. The molecule has 1 amide bonds. The highest BCUT2D eigenvalue weighted by Crippen LogP contribution is 2.35. The molecule has 0 spiro atoms. The van der Waals surface area contributed by atoms with Gasteiger partial charge in [-0.15, -0.1) is 0 Å². The summed E-state index contributed by atoms with van der Waals surface area (Å²) in [5.41, 5.74) is 0.0905. The molecule has 3 rings (SSSR count). The molecule has 0 saturated heterocycles. The maximum atomic E-state index is 12.4. The summed E-state index contributed by atoms with van der Waals surface area (Å²) in [6, 6.07) is 7.60. The van der Waals surface area contributed by atoms with Crippen LogP contribution >= 0.6 is 0 Å². The summed E-state index contributed by atoms with van der Waals surface area (Å²) in [6.07, 6.45) is 7.04. The Morgan fingerprint density at radius 2 is 1.96 bits per heavy atom. The van der Waals surface area contributed by atoms with Crippen molar-refractivity contribution in [1.82, 2.24) is 9.78 Å². The Hall–Kier alpha value is -3.09. The van der Waals surface area contributed by atoms with Gasteiger partial charge in [0.25, 0.3) is 0 Å². The van der Waals surface area contributed by atoms with Crippen LogP contribution in [0.3, 0.4) is 0 Å². The van der Waals surface area contributed by atoms with Crippen molar-refractivity contribution in [1.29, 1.82) is 0 Å². The number of aromatic nitrogens is 2. The summed E-state index contributed by atoms with van der Waals surface area (Å²) in [7, 11) is 1.61. The van der Waals surface area contributed by atoms with Gasteiger partial charge in [-0.1, -0.05) is 24.3 Å². The van der Waals surface area contributed by atoms with Crippen molar-refractivity contribution >= 4 is 17.6 Å². The number of nitrogens with one attached hydrogen (secondary N) is 1. The zero-order valence-corrected chi connectivity index (χ0v) is 13.8. The van der Waals surface area contributed by atoms with Crippen LogP contribution in [-0.2, 0) is 16.1 Å². The number of hydrogen-bond acceptors (Lipinski definition) is 4. The lowest BCUT2D eigenvalue weighted by Gasteiger charge is -2.22. The number of carbonyl (C=O) groups excluding carboxylic acids is 1. The summed E-state index contributed by atoms with van der Waals surface area (Å²) < 4.78 is 6.80. The molecule has 0 aliphatic heterocycles. The largest absolute Gasteiger partial charge is 0.497 e. The number of amides is 1. The predicted molar refractivity (Wildman–Crippen MR) is 91.4 cm³/mol. The molecule has 1 aliphatic rings. The fraction of sp³-hybridized carbons (Fsp3) is 0.278. The van der Waals surface area contributed by atoms with Gasteiger partial charge in [0.2, 0.25) is 5.91 Å². The zero-order chi connectivity index (χ0) is 17.9. The maximum Gasteiger partial charge on any atom is 0.319 e. The van der Waals surface area contributed by atoms with Gasteiger partial charge in [0, 0.05) is 6.20 Å². The van der Waals surface area contributed by atoms with E-state index in [9.17, 15) is 14.7 Å². The van der Waals surface area contributed by atoms with Crippen LogP contribution in [0.4, 0.5) is 5.69 Å². The fourth-order valence-electron chi connectivity index (χ4n) is 2.79. The van der Waals surface area contributed by atoms with Gasteiger partial charge < -0.3 is 15.2 Å². The summed E-state index contributed by atoms with van der Waals surface area (Å²) in [5, 5.41) is 16.3. The maximum absolute atomic E-state index is 12.4. The van der Waals surface area contributed by atoms with Gasteiger partial charge in [-0.2, -0.15) is 5.10 Å². The first kappa shape index (κ1) is 16.8. The van der Waals surface area contributed by atoms with Gasteiger partial charge >= 0.3 is 5.97 Å². The second-order valence-corrected chi connectivity index (χ2v) is 6.00. The number of carbonyl (C=O) groups is 2. The molecule has 0 saturated carbocycles. The normalized spacial score (nSPS) is 15.1. The van der Waals surface area contributed by atoms with E-state index in [0.29, 0.717) is 12.2 Å². The Morgan fingerprint density at radius 3 is 2.56 bits per heavy atom. The van der Waals surface area contributed by atoms with Crippen molar-refractivity contribution in [3.8, 4) is 5.75 Å². The van der Waals surface area contributed by atoms with Crippen LogP contribution in [0.25, 0.3) is 0 Å². The van der Waals surface area contributed by atoms with E-state index in [-0.39, 0.29) is 12.8 Å². The highest BCUT2D eigenvalue weighted by molar-refractivity contribution is 6.08. The number of carboxylic acid groups (broad SMARTS) is 1. The van der Waals surface area contributed by atoms with Crippen LogP contribution < -0.4 is 10.1 Å². The number of hydrogen-bond donors (Lipinski definition) is 2. The van der Waals surface area contributed by atoms with Gasteiger partial charge in [-0.25, -0.2) is 0 Å². The second-order valence-electron chi connectivity index (χ2n) is 6.00. The quantitative estimate of drug-likeness (QED) is 0.621. The number of anilines is 1. The number of allylic oxidation sites excluding steroid dienone is 2. The van der Waals surface area contributed by atoms with E-state index in [0.717, 1.165) is 11.3 Å². The van der Waals surface area contributed by atoms with Gasteiger partial charge in [-0.05, 0) is 30.5 Å². The third-order valence-electron chi connectivity index (χ3n) is 4.34. The number of aliphatic carboxylic acids is 1. The first-order valence-electron chi connectivity index (χ1n) is 7.89. The lowest BCUT2D eigenvalue weighted by Crippen LogP contribution is -2.41. The second kappa shape index (κ2) is 6.80. The molecule has 0 radical (unpaired) electrons. The van der Waals surface area contributed by atoms with Crippen LogP contribution in [0.15, 0.2) is 48.8 Å². The molecular weight excluding hydrogens is 322 g/mol. The Bertz CT molecular complexity index is 800. The third-order valence-corrected chi connectivity index (χ3v) is 4.34. The van der Waals surface area contributed by atoms with Crippen LogP contribution in [0.2, 0.25) is 0 Å². The van der Waals surface area contributed by atoms with Crippen molar-refractivity contribution in [3.05, 3.63) is 54.4 Å². The average Bonchev–Trinajstić information content (AvgIpc) is 3.26. The molecule has 1 aromatic carbocycles. The number of ether oxygens (including phenoxy) is 1. The molecule has 7 heteroatoms. The summed E-state index contributed by atoms with van der Waals surface area (Å²) >= 11 is 0. The lowest BCUT2D eigenvalue weighted by atomic mass is 9.84. The minimum atomic E-state index is -1.42. The first-order chi connectivity index (χ1) is 12.0. The molecule has 25 heavy (non-hydrogen) atoms. The number of benzene rings is 1. The first-order valence-corrected chi connectivity index (χ1v) is 7.89. The fourth-order valence-corrected chi connectivity index (χ4v) is 2.79. The smallest absolute Gasteiger partial charge is 0.319 e. The summed E-state index contributed by atoms with van der Waals surface area (Å²) in [5.74, 6) is -0.851. The molecule has 1 aromatic heterocycles. The number of methoxy groups -OCH3 is 1. The van der Waals surface area contributed by atoms with Crippen molar-refractivity contribution in [2.45, 2.75) is 19.4 Å². The minimum absolute atomic E-state index is 0.203. The van der Waals surface area contributed by atoms with Gasteiger partial charge in [0.05, 0.1) is 25.5 Å². The highest BCUT2D eigenvalue weighted by Gasteiger charge is 2.46. The van der Waals surface area contributed by atoms with E-state index in [1.807, 2.05) is 24.3 Å². The Labute approximate surface area is 144 Å². The van der Waals surface area contributed by atoms with Crippen molar-refractivity contribution in [2.24, 2.45) is 5.41 Å². The molecule has 2 aromatic rings. The number of rotatable bonds is 6. The van der Waals surface area contributed by atoms with Crippen LogP contribution in [-0.4, -0.2) is 33.9 Å². The minimum Gasteiger partial charge on any atom is -0.497 e. The Morgan fingerprint density at radius 1 is 1.28 bits per heavy atom. The molecule has 0 bridgehead atoms. The summed E-state index contributed by atoms with van der Waals surface area (Å²) in [6.45, 7) is 0.533. The molecule has 1 heterocycles. The Balaban J connectivity index is 1.66. The van der Waals surface area contributed by atoms with Gasteiger partial charge in [-0.3, -0.25) is 14.3 Å². The molecule has 130 valence electrons. The predicted octanol–water partition coefficient (Wildman–Crippen LogP) is 2.30. The van der Waals surface area contributed by atoms with Gasteiger partial charge in [0.1, 0.15) is 5.75 Å². The number of carboxylic acids is 1. The van der Waals surface area contributed by atoms with Crippen LogP contribution in [0.5, 0.6) is 5.75 Å². The molecule has 7 nitrogen and oxygen atoms in total. The molecule has 0 atom stereocenters. The lowest BCUT2D eigenvalue weighted by molar-refractivity contribution is -0.153. The molecule has 0 unspecified atom stereocenters. The number of nitrogens with zero attached hydrogens (tertiary/aromatic N) is 2. The zero-order valence-electron chi connectivity index (χ0n) is 13.8. The monoisotopic (exact) mass is 341 g/mol. The molecular formula is C18H19N3O4. The van der Waals surface area contributed by atoms with E-state index in [1.54, 1.807) is 30.1 Å². The Kier molecular flexibility index (Phi) is 4.56. The van der Waals surface area contributed by atoms with E-state index < -0.39 is 17.3 Å². The van der Waals surface area contributed by atoms with E-state index in [1.165, 1.54) is 6.20 Å². The van der Waals surface area contributed by atoms with E-state index >= 15 is 0 Å². The molecule has 1 aliphatic carbocycles. The standard InChI is InChI=1S/C18H19N3O4/c1-25-15-6-4-13(5-7-15)11-21-12-14(10-19-21)20-16(22)18(17(23)24)8-2-3-9-18/h2-7,10,12H,8-9,11H2,1H3,(H,20,22)(H,23,24). The van der Waals surface area contributed by atoms with Crippen molar-refractivity contribution in [3.63, 3.8) is 0 Å².